The third kappa shape index (κ3) is 4.55. The molecule has 1 aliphatic heterocycles. The van der Waals surface area contributed by atoms with Crippen molar-refractivity contribution in [1.29, 1.82) is 0 Å². The smallest absolute Gasteiger partial charge is 0.251 e. The van der Waals surface area contributed by atoms with Crippen molar-refractivity contribution in [3.63, 3.8) is 0 Å². The average Bonchev–Trinajstić information content (AvgIpc) is 2.48. The van der Waals surface area contributed by atoms with E-state index in [1.54, 1.807) is 0 Å². The highest BCUT2D eigenvalue weighted by Crippen LogP contribution is 2.14. The normalized spacial score (nSPS) is 17.1. The number of nitrogens with one attached hydrogen (secondary N) is 2. The minimum absolute atomic E-state index is 0.0518. The summed E-state index contributed by atoms with van der Waals surface area (Å²) in [5.74, 6) is 0.0518. The molecule has 0 atom stereocenters. The molecule has 1 aliphatic rings. The zero-order valence-electron chi connectivity index (χ0n) is 13.4. The van der Waals surface area contributed by atoms with Gasteiger partial charge in [-0.2, -0.15) is 0 Å². The summed E-state index contributed by atoms with van der Waals surface area (Å²) >= 11 is 0. The lowest BCUT2D eigenvalue weighted by atomic mass is 10.0. The van der Waals surface area contributed by atoms with Gasteiger partial charge in [-0.15, -0.1) is 0 Å². The van der Waals surface area contributed by atoms with Gasteiger partial charge >= 0.3 is 0 Å². The van der Waals surface area contributed by atoms with Gasteiger partial charge < -0.3 is 15.5 Å². The molecular weight excluding hydrogens is 262 g/mol. The SMILES string of the molecule is CNCc1cccc(C(=O)NC2CCN(C(C)C)CC2)c1. The molecule has 0 aromatic heterocycles. The highest BCUT2D eigenvalue weighted by atomic mass is 16.1. The first-order chi connectivity index (χ1) is 10.1. The molecule has 0 aliphatic carbocycles. The Morgan fingerprint density at radius 1 is 1.33 bits per heavy atom. The Morgan fingerprint density at radius 2 is 2.05 bits per heavy atom. The van der Waals surface area contributed by atoms with Crippen molar-refractivity contribution in [2.45, 2.75) is 45.3 Å². The maximum Gasteiger partial charge on any atom is 0.251 e. The van der Waals surface area contributed by atoms with E-state index < -0.39 is 0 Å². The molecule has 0 spiro atoms. The van der Waals surface area contributed by atoms with Crippen molar-refractivity contribution in [1.82, 2.24) is 15.5 Å². The Labute approximate surface area is 127 Å². The topological polar surface area (TPSA) is 44.4 Å². The molecule has 2 rings (SSSR count). The van der Waals surface area contributed by atoms with E-state index in [4.69, 9.17) is 0 Å². The molecule has 4 heteroatoms. The minimum atomic E-state index is 0.0518. The van der Waals surface area contributed by atoms with Crippen LogP contribution in [0.5, 0.6) is 0 Å². The van der Waals surface area contributed by atoms with Gasteiger partial charge in [-0.1, -0.05) is 12.1 Å². The number of amides is 1. The Balaban J connectivity index is 1.89. The van der Waals surface area contributed by atoms with Crippen LogP contribution in [0.1, 0.15) is 42.6 Å². The molecule has 21 heavy (non-hydrogen) atoms. The molecule has 4 nitrogen and oxygen atoms in total. The molecule has 1 heterocycles. The maximum absolute atomic E-state index is 12.3. The van der Waals surface area contributed by atoms with Crippen LogP contribution in [0.4, 0.5) is 0 Å². The van der Waals surface area contributed by atoms with Gasteiger partial charge in [0.05, 0.1) is 0 Å². The molecule has 0 saturated carbocycles. The number of hydrogen-bond donors (Lipinski definition) is 2. The van der Waals surface area contributed by atoms with Gasteiger partial charge in [-0.3, -0.25) is 4.79 Å². The maximum atomic E-state index is 12.3. The van der Waals surface area contributed by atoms with Gasteiger partial charge in [-0.05, 0) is 51.4 Å². The summed E-state index contributed by atoms with van der Waals surface area (Å²) in [5, 5.41) is 6.29. The van der Waals surface area contributed by atoms with E-state index in [0.29, 0.717) is 12.1 Å². The molecule has 1 fully saturated rings. The molecule has 2 N–H and O–H groups in total. The van der Waals surface area contributed by atoms with Crippen LogP contribution in [0.3, 0.4) is 0 Å². The van der Waals surface area contributed by atoms with Crippen molar-refractivity contribution in [2.75, 3.05) is 20.1 Å². The van der Waals surface area contributed by atoms with Crippen LogP contribution in [0, 0.1) is 0 Å². The Kier molecular flexibility index (Phi) is 5.76. The van der Waals surface area contributed by atoms with Crippen LogP contribution >= 0.6 is 0 Å². The van der Waals surface area contributed by atoms with Crippen molar-refractivity contribution < 1.29 is 4.79 Å². The van der Waals surface area contributed by atoms with E-state index in [1.807, 2.05) is 31.3 Å². The number of rotatable bonds is 5. The molecule has 0 unspecified atom stereocenters. The lowest BCUT2D eigenvalue weighted by Crippen LogP contribution is -2.46. The third-order valence-corrected chi connectivity index (χ3v) is 4.17. The molecule has 1 amide bonds. The van der Waals surface area contributed by atoms with Crippen LogP contribution in [0.2, 0.25) is 0 Å². The summed E-state index contributed by atoms with van der Waals surface area (Å²) in [6.45, 7) is 7.39. The number of likely N-dealkylation sites (tertiary alicyclic amines) is 1. The van der Waals surface area contributed by atoms with Crippen LogP contribution in [0.15, 0.2) is 24.3 Å². The quantitative estimate of drug-likeness (QED) is 0.871. The van der Waals surface area contributed by atoms with Crippen LogP contribution in [-0.4, -0.2) is 43.0 Å². The van der Waals surface area contributed by atoms with E-state index >= 15 is 0 Å². The summed E-state index contributed by atoms with van der Waals surface area (Å²) < 4.78 is 0. The zero-order chi connectivity index (χ0) is 15.2. The molecule has 116 valence electrons. The first-order valence-corrected chi connectivity index (χ1v) is 7.88. The van der Waals surface area contributed by atoms with E-state index in [1.165, 1.54) is 0 Å². The fourth-order valence-electron chi connectivity index (χ4n) is 2.86. The predicted octanol–water partition coefficient (Wildman–Crippen LogP) is 2.01. The summed E-state index contributed by atoms with van der Waals surface area (Å²) in [6, 6.07) is 8.74. The number of carbonyl (C=O) groups is 1. The van der Waals surface area contributed by atoms with Gasteiger partial charge in [0.1, 0.15) is 0 Å². The van der Waals surface area contributed by atoms with E-state index in [9.17, 15) is 4.79 Å². The number of carbonyl (C=O) groups excluding carboxylic acids is 1. The molecular formula is C17H27N3O. The van der Waals surface area contributed by atoms with Gasteiger partial charge in [0, 0.05) is 37.3 Å². The van der Waals surface area contributed by atoms with Gasteiger partial charge in [0.25, 0.3) is 5.91 Å². The largest absolute Gasteiger partial charge is 0.349 e. The van der Waals surface area contributed by atoms with Crippen molar-refractivity contribution in [3.8, 4) is 0 Å². The number of benzene rings is 1. The Hall–Kier alpha value is -1.39. The molecule has 1 aromatic rings. The lowest BCUT2D eigenvalue weighted by molar-refractivity contribution is 0.0900. The van der Waals surface area contributed by atoms with Gasteiger partial charge in [0.15, 0.2) is 0 Å². The average molecular weight is 289 g/mol. The van der Waals surface area contributed by atoms with Crippen molar-refractivity contribution in [3.05, 3.63) is 35.4 Å². The summed E-state index contributed by atoms with van der Waals surface area (Å²) in [7, 11) is 1.91. The standard InChI is InChI=1S/C17H27N3O/c1-13(2)20-9-7-16(8-10-20)19-17(21)15-6-4-5-14(11-15)12-18-3/h4-6,11,13,16,18H,7-10,12H2,1-3H3,(H,19,21). The zero-order valence-corrected chi connectivity index (χ0v) is 13.4. The highest BCUT2D eigenvalue weighted by molar-refractivity contribution is 5.94. The van der Waals surface area contributed by atoms with E-state index in [0.717, 1.165) is 43.6 Å². The minimum Gasteiger partial charge on any atom is -0.349 e. The van der Waals surface area contributed by atoms with Gasteiger partial charge in [-0.25, -0.2) is 0 Å². The lowest BCUT2D eigenvalue weighted by Gasteiger charge is -2.34. The first kappa shape index (κ1) is 16.0. The number of nitrogens with zero attached hydrogens (tertiary/aromatic N) is 1. The summed E-state index contributed by atoms with van der Waals surface area (Å²) in [4.78, 5) is 14.8. The third-order valence-electron chi connectivity index (χ3n) is 4.17. The first-order valence-electron chi connectivity index (χ1n) is 7.88. The van der Waals surface area contributed by atoms with Crippen molar-refractivity contribution >= 4 is 5.91 Å². The second-order valence-corrected chi connectivity index (χ2v) is 6.11. The Bertz CT molecular complexity index is 465. The predicted molar refractivity (Wildman–Crippen MR) is 86.4 cm³/mol. The van der Waals surface area contributed by atoms with Gasteiger partial charge in [0.2, 0.25) is 0 Å². The Morgan fingerprint density at radius 3 is 2.67 bits per heavy atom. The van der Waals surface area contributed by atoms with Crippen LogP contribution in [0.25, 0.3) is 0 Å². The number of piperidine rings is 1. The van der Waals surface area contributed by atoms with E-state index in [-0.39, 0.29) is 5.91 Å². The second kappa shape index (κ2) is 7.57. The summed E-state index contributed by atoms with van der Waals surface area (Å²) in [5.41, 5.74) is 1.90. The van der Waals surface area contributed by atoms with Crippen LogP contribution in [-0.2, 0) is 6.54 Å². The molecule has 0 radical (unpaired) electrons. The fraction of sp³-hybridized carbons (Fsp3) is 0.588. The number of hydrogen-bond acceptors (Lipinski definition) is 3. The van der Waals surface area contributed by atoms with Crippen LogP contribution < -0.4 is 10.6 Å². The summed E-state index contributed by atoms with van der Waals surface area (Å²) in [6.07, 6.45) is 2.08. The second-order valence-electron chi connectivity index (χ2n) is 6.11. The molecule has 0 bridgehead atoms. The fourth-order valence-corrected chi connectivity index (χ4v) is 2.86. The monoisotopic (exact) mass is 289 g/mol. The molecule has 1 aromatic carbocycles. The van der Waals surface area contributed by atoms with Crippen molar-refractivity contribution in [2.24, 2.45) is 0 Å². The highest BCUT2D eigenvalue weighted by Gasteiger charge is 2.22. The molecule has 1 saturated heterocycles. The van der Waals surface area contributed by atoms with E-state index in [2.05, 4.69) is 29.4 Å².